The fourth-order valence-electron chi connectivity index (χ4n) is 1.86. The van der Waals surface area contributed by atoms with E-state index in [2.05, 4.69) is 5.32 Å². The van der Waals surface area contributed by atoms with Gasteiger partial charge in [0.05, 0.1) is 0 Å². The van der Waals surface area contributed by atoms with Crippen molar-refractivity contribution in [2.75, 3.05) is 6.54 Å². The summed E-state index contributed by atoms with van der Waals surface area (Å²) in [4.78, 5) is 1.07. The number of nitrogens with one attached hydrogen (secondary N) is 1. The van der Waals surface area contributed by atoms with Crippen LogP contribution in [0.2, 0.25) is 0 Å². The lowest BCUT2D eigenvalue weighted by molar-refractivity contribution is 0.565. The molecule has 0 spiro atoms. The van der Waals surface area contributed by atoms with Crippen LogP contribution in [-0.4, -0.2) is 6.54 Å². The lowest BCUT2D eigenvalue weighted by atomic mass is 10.2. The molecule has 0 radical (unpaired) electrons. The quantitative estimate of drug-likeness (QED) is 0.772. The molecule has 0 aliphatic carbocycles. The zero-order chi connectivity index (χ0) is 15.2. The molecule has 0 fully saturated rings. The Labute approximate surface area is 126 Å². The summed E-state index contributed by atoms with van der Waals surface area (Å²) in [5, 5.41) is 3.19. The highest BCUT2D eigenvalue weighted by Gasteiger charge is 2.10. The van der Waals surface area contributed by atoms with Gasteiger partial charge in [-0.3, -0.25) is 0 Å². The van der Waals surface area contributed by atoms with Gasteiger partial charge in [-0.2, -0.15) is 0 Å². The third-order valence-electron chi connectivity index (χ3n) is 2.88. The molecule has 0 unspecified atom stereocenters. The van der Waals surface area contributed by atoms with E-state index in [-0.39, 0.29) is 5.82 Å². The predicted molar refractivity (Wildman–Crippen MR) is 78.9 cm³/mol. The van der Waals surface area contributed by atoms with Crippen LogP contribution in [0.4, 0.5) is 13.2 Å². The highest BCUT2D eigenvalue weighted by Crippen LogP contribution is 2.33. The Kier molecular flexibility index (Phi) is 5.70. The summed E-state index contributed by atoms with van der Waals surface area (Å²) in [6.45, 7) is 3.38. The van der Waals surface area contributed by atoms with Gasteiger partial charge >= 0.3 is 0 Å². The molecule has 0 amide bonds. The van der Waals surface area contributed by atoms with Crippen molar-refractivity contribution in [1.82, 2.24) is 5.32 Å². The number of benzene rings is 2. The highest BCUT2D eigenvalue weighted by atomic mass is 32.2. The van der Waals surface area contributed by atoms with E-state index in [4.69, 9.17) is 0 Å². The highest BCUT2D eigenvalue weighted by molar-refractivity contribution is 7.99. The molecule has 0 aliphatic heterocycles. The monoisotopic (exact) mass is 311 g/mol. The molecule has 2 aromatic rings. The van der Waals surface area contributed by atoms with Crippen molar-refractivity contribution >= 4 is 11.8 Å². The lowest BCUT2D eigenvalue weighted by Gasteiger charge is -2.11. The summed E-state index contributed by atoms with van der Waals surface area (Å²) in [5.74, 6) is -1.55. The molecule has 2 rings (SSSR count). The van der Waals surface area contributed by atoms with Crippen molar-refractivity contribution in [3.05, 3.63) is 59.4 Å². The van der Waals surface area contributed by atoms with Crippen LogP contribution in [-0.2, 0) is 6.54 Å². The van der Waals surface area contributed by atoms with Crippen LogP contribution < -0.4 is 5.32 Å². The van der Waals surface area contributed by atoms with Crippen molar-refractivity contribution in [3.8, 4) is 0 Å². The minimum absolute atomic E-state index is 0.319. The van der Waals surface area contributed by atoms with Crippen molar-refractivity contribution < 1.29 is 13.2 Å². The first-order chi connectivity index (χ1) is 10.1. The smallest absolute Gasteiger partial charge is 0.140 e. The van der Waals surface area contributed by atoms with Gasteiger partial charge < -0.3 is 5.32 Å². The summed E-state index contributed by atoms with van der Waals surface area (Å²) >= 11 is 1.17. The standard InChI is InChI=1S/C16H16F3NS/c1-2-7-20-10-11-8-12(17)3-5-15(11)21-16-6-4-13(18)9-14(16)19/h3-6,8-9,20H,2,7,10H2,1H3. The fraction of sp³-hybridized carbons (Fsp3) is 0.250. The molecule has 0 atom stereocenters. The minimum atomic E-state index is -0.614. The molecule has 0 saturated heterocycles. The molecular weight excluding hydrogens is 295 g/mol. The van der Waals surface area contributed by atoms with E-state index in [9.17, 15) is 13.2 Å². The largest absolute Gasteiger partial charge is 0.313 e. The van der Waals surface area contributed by atoms with Gasteiger partial charge in [0, 0.05) is 22.4 Å². The maximum absolute atomic E-state index is 13.7. The van der Waals surface area contributed by atoms with Crippen molar-refractivity contribution in [3.63, 3.8) is 0 Å². The maximum Gasteiger partial charge on any atom is 0.140 e. The van der Waals surface area contributed by atoms with Crippen LogP contribution in [0.25, 0.3) is 0 Å². The molecule has 0 heterocycles. The topological polar surface area (TPSA) is 12.0 Å². The zero-order valence-corrected chi connectivity index (χ0v) is 12.4. The molecule has 21 heavy (non-hydrogen) atoms. The van der Waals surface area contributed by atoms with Gasteiger partial charge in [-0.25, -0.2) is 13.2 Å². The first kappa shape index (κ1) is 15.9. The van der Waals surface area contributed by atoms with Gasteiger partial charge in [0.25, 0.3) is 0 Å². The maximum atomic E-state index is 13.7. The number of rotatable bonds is 6. The van der Waals surface area contributed by atoms with Gasteiger partial charge in [0.1, 0.15) is 17.5 Å². The molecule has 5 heteroatoms. The molecule has 0 aromatic heterocycles. The first-order valence-electron chi connectivity index (χ1n) is 6.72. The molecular formula is C16H16F3NS. The molecule has 2 aromatic carbocycles. The second-order valence-corrected chi connectivity index (χ2v) is 5.69. The number of halogens is 3. The molecule has 112 valence electrons. The first-order valence-corrected chi connectivity index (χ1v) is 7.54. The molecule has 1 N–H and O–H groups in total. The SMILES string of the molecule is CCCNCc1cc(F)ccc1Sc1ccc(F)cc1F. The van der Waals surface area contributed by atoms with Gasteiger partial charge in [-0.1, -0.05) is 18.7 Å². The van der Waals surface area contributed by atoms with Gasteiger partial charge in [-0.05, 0) is 48.9 Å². The molecule has 1 nitrogen and oxygen atoms in total. The van der Waals surface area contributed by atoms with Gasteiger partial charge in [0.2, 0.25) is 0 Å². The summed E-state index contributed by atoms with van der Waals surface area (Å²) < 4.78 is 40.0. The minimum Gasteiger partial charge on any atom is -0.313 e. The Morgan fingerprint density at radius 2 is 1.62 bits per heavy atom. The van der Waals surface area contributed by atoms with E-state index >= 15 is 0 Å². The van der Waals surface area contributed by atoms with Crippen LogP contribution in [0.1, 0.15) is 18.9 Å². The zero-order valence-electron chi connectivity index (χ0n) is 11.6. The third-order valence-corrected chi connectivity index (χ3v) is 4.05. The van der Waals surface area contributed by atoms with Crippen molar-refractivity contribution in [1.29, 1.82) is 0 Å². The third kappa shape index (κ3) is 4.51. The van der Waals surface area contributed by atoms with E-state index < -0.39 is 11.6 Å². The fourth-order valence-corrected chi connectivity index (χ4v) is 2.79. The molecule has 0 aliphatic rings. The Bertz CT molecular complexity index is 616. The average Bonchev–Trinajstić information content (AvgIpc) is 2.44. The number of hydrogen-bond donors (Lipinski definition) is 1. The Morgan fingerprint density at radius 1 is 0.952 bits per heavy atom. The van der Waals surface area contributed by atoms with E-state index in [0.29, 0.717) is 11.4 Å². The summed E-state index contributed by atoms with van der Waals surface area (Å²) in [5.41, 5.74) is 0.761. The molecule has 0 saturated carbocycles. The van der Waals surface area contributed by atoms with Crippen LogP contribution >= 0.6 is 11.8 Å². The molecule has 0 bridgehead atoms. The summed E-state index contributed by atoms with van der Waals surface area (Å²) in [7, 11) is 0. The van der Waals surface area contributed by atoms with Gasteiger partial charge in [-0.15, -0.1) is 0 Å². The van der Waals surface area contributed by atoms with E-state index in [0.717, 1.165) is 29.5 Å². The van der Waals surface area contributed by atoms with Crippen LogP contribution in [0.5, 0.6) is 0 Å². The summed E-state index contributed by atoms with van der Waals surface area (Å²) in [6, 6.07) is 7.85. The Morgan fingerprint density at radius 3 is 2.29 bits per heavy atom. The normalized spacial score (nSPS) is 10.9. The number of hydrogen-bond acceptors (Lipinski definition) is 2. The van der Waals surface area contributed by atoms with E-state index in [1.54, 1.807) is 6.07 Å². The van der Waals surface area contributed by atoms with Crippen LogP contribution in [0, 0.1) is 17.5 Å². The average molecular weight is 311 g/mol. The van der Waals surface area contributed by atoms with Crippen molar-refractivity contribution in [2.45, 2.75) is 29.7 Å². The lowest BCUT2D eigenvalue weighted by Crippen LogP contribution is -2.14. The summed E-state index contributed by atoms with van der Waals surface area (Å²) in [6.07, 6.45) is 0.977. The second-order valence-electron chi connectivity index (χ2n) is 4.61. The Hall–Kier alpha value is -1.46. The van der Waals surface area contributed by atoms with E-state index in [1.165, 1.54) is 36.0 Å². The van der Waals surface area contributed by atoms with Gasteiger partial charge in [0.15, 0.2) is 0 Å². The van der Waals surface area contributed by atoms with Crippen molar-refractivity contribution in [2.24, 2.45) is 0 Å². The Balaban J connectivity index is 2.22. The van der Waals surface area contributed by atoms with Crippen LogP contribution in [0.15, 0.2) is 46.2 Å². The second kappa shape index (κ2) is 7.52. The van der Waals surface area contributed by atoms with E-state index in [1.807, 2.05) is 6.92 Å². The predicted octanol–water partition coefficient (Wildman–Crippen LogP) is 4.75. The van der Waals surface area contributed by atoms with Crippen LogP contribution in [0.3, 0.4) is 0 Å².